The van der Waals surface area contributed by atoms with Crippen LogP contribution < -0.4 is 4.72 Å². The third-order valence-corrected chi connectivity index (χ3v) is 5.48. The number of nitrogens with one attached hydrogen (secondary N) is 1. The predicted molar refractivity (Wildman–Crippen MR) is 89.0 cm³/mol. The Morgan fingerprint density at radius 1 is 1.05 bits per heavy atom. The van der Waals surface area contributed by atoms with E-state index in [1.807, 2.05) is 12.1 Å². The van der Waals surface area contributed by atoms with E-state index in [9.17, 15) is 8.42 Å². The van der Waals surface area contributed by atoms with Gasteiger partial charge in [0.1, 0.15) is 0 Å². The fourth-order valence-corrected chi connectivity index (χ4v) is 3.66. The lowest BCUT2D eigenvalue weighted by Gasteiger charge is -2.09. The van der Waals surface area contributed by atoms with Crippen molar-refractivity contribution in [2.24, 2.45) is 0 Å². The van der Waals surface area contributed by atoms with E-state index in [0.29, 0.717) is 11.0 Å². The van der Waals surface area contributed by atoms with Gasteiger partial charge in [-0.3, -0.25) is 4.72 Å². The Balaban J connectivity index is 2.30. The number of sulfonamides is 1. The average molecular weight is 452 g/mol. The van der Waals surface area contributed by atoms with Gasteiger partial charge in [0.05, 0.1) is 10.6 Å². The third kappa shape index (κ3) is 3.70. The number of hydrogen-bond donors (Lipinski definition) is 1. The van der Waals surface area contributed by atoms with Gasteiger partial charge in [-0.1, -0.05) is 40.2 Å². The molecule has 0 atom stereocenters. The molecule has 0 fully saturated rings. The normalized spacial score (nSPS) is 11.3. The molecule has 6 heteroatoms. The van der Waals surface area contributed by atoms with Crippen LogP contribution in [0, 0.1) is 3.57 Å². The zero-order valence-corrected chi connectivity index (χ0v) is 14.4. The third-order valence-electron chi connectivity index (χ3n) is 2.51. The highest BCUT2D eigenvalue weighted by Crippen LogP contribution is 2.21. The van der Waals surface area contributed by atoms with Gasteiger partial charge in [0, 0.05) is 8.90 Å². The Hall–Kier alpha value is -0.600. The molecule has 0 amide bonds. The van der Waals surface area contributed by atoms with Crippen molar-refractivity contribution in [2.75, 3.05) is 4.72 Å². The molecule has 0 aromatic heterocycles. The summed E-state index contributed by atoms with van der Waals surface area (Å²) in [5.41, 5.74) is 1.63. The summed E-state index contributed by atoms with van der Waals surface area (Å²) in [4.78, 5) is 0.261. The van der Waals surface area contributed by atoms with Crippen LogP contribution >= 0.6 is 38.5 Å². The van der Waals surface area contributed by atoms with Gasteiger partial charge in [0.2, 0.25) is 0 Å². The van der Waals surface area contributed by atoms with Crippen molar-refractivity contribution in [2.45, 2.75) is 10.2 Å². The van der Waals surface area contributed by atoms with Crippen LogP contribution in [0.2, 0.25) is 0 Å². The maximum atomic E-state index is 12.2. The van der Waals surface area contributed by atoms with E-state index in [1.54, 1.807) is 36.4 Å². The van der Waals surface area contributed by atoms with Crippen LogP contribution in [0.1, 0.15) is 5.56 Å². The highest BCUT2D eigenvalue weighted by Gasteiger charge is 2.14. The van der Waals surface area contributed by atoms with Gasteiger partial charge in [0.25, 0.3) is 10.0 Å². The molecule has 0 bridgehead atoms. The maximum absolute atomic E-state index is 12.2. The fraction of sp³-hybridized carbons (Fsp3) is 0.0769. The van der Waals surface area contributed by atoms with Crippen molar-refractivity contribution in [3.05, 3.63) is 57.7 Å². The Bertz CT molecular complexity index is 671. The summed E-state index contributed by atoms with van der Waals surface area (Å²) in [6.45, 7) is 0. The van der Waals surface area contributed by atoms with Gasteiger partial charge < -0.3 is 0 Å². The lowest BCUT2D eigenvalue weighted by Crippen LogP contribution is -2.13. The Labute approximate surface area is 134 Å². The van der Waals surface area contributed by atoms with Crippen LogP contribution in [0.4, 0.5) is 5.69 Å². The number of rotatable bonds is 4. The topological polar surface area (TPSA) is 46.2 Å². The number of hydrogen-bond acceptors (Lipinski definition) is 2. The van der Waals surface area contributed by atoms with E-state index in [2.05, 4.69) is 43.2 Å². The number of alkyl halides is 1. The van der Waals surface area contributed by atoms with E-state index in [4.69, 9.17) is 0 Å². The molecule has 0 unspecified atom stereocenters. The quantitative estimate of drug-likeness (QED) is 0.564. The fourth-order valence-electron chi connectivity index (χ4n) is 1.51. The summed E-state index contributed by atoms with van der Waals surface area (Å²) in [6, 6.07) is 14.1. The van der Waals surface area contributed by atoms with Crippen LogP contribution in [-0.4, -0.2) is 8.42 Å². The molecule has 0 aliphatic rings. The molecule has 0 spiro atoms. The van der Waals surface area contributed by atoms with Crippen LogP contribution in [0.25, 0.3) is 0 Å². The first-order valence-electron chi connectivity index (χ1n) is 5.45. The molecular weight excluding hydrogens is 441 g/mol. The molecule has 0 heterocycles. The lowest BCUT2D eigenvalue weighted by molar-refractivity contribution is 0.601. The first-order valence-corrected chi connectivity index (χ1v) is 9.13. The SMILES string of the molecule is O=S(=O)(Nc1ccccc1I)c1ccc(CBr)cc1. The van der Waals surface area contributed by atoms with E-state index >= 15 is 0 Å². The van der Waals surface area contributed by atoms with Crippen molar-refractivity contribution in [3.8, 4) is 0 Å². The monoisotopic (exact) mass is 451 g/mol. The van der Waals surface area contributed by atoms with Crippen molar-refractivity contribution in [1.29, 1.82) is 0 Å². The molecule has 0 saturated carbocycles. The summed E-state index contributed by atoms with van der Waals surface area (Å²) in [6.07, 6.45) is 0. The second kappa shape index (κ2) is 6.23. The van der Waals surface area contributed by atoms with Crippen LogP contribution in [0.15, 0.2) is 53.4 Å². The minimum atomic E-state index is -3.53. The number of benzene rings is 2. The number of anilines is 1. The minimum Gasteiger partial charge on any atom is -0.279 e. The highest BCUT2D eigenvalue weighted by atomic mass is 127. The Morgan fingerprint density at radius 3 is 2.26 bits per heavy atom. The Morgan fingerprint density at radius 2 is 1.68 bits per heavy atom. The molecule has 2 aromatic carbocycles. The van der Waals surface area contributed by atoms with E-state index in [-0.39, 0.29) is 4.90 Å². The smallest absolute Gasteiger partial charge is 0.261 e. The van der Waals surface area contributed by atoms with Gasteiger partial charge in [-0.25, -0.2) is 8.42 Å². The number of halogens is 2. The van der Waals surface area contributed by atoms with E-state index in [0.717, 1.165) is 9.13 Å². The van der Waals surface area contributed by atoms with Crippen LogP contribution in [0.3, 0.4) is 0 Å². The molecule has 0 aliphatic heterocycles. The largest absolute Gasteiger partial charge is 0.279 e. The number of para-hydroxylation sites is 1. The second-order valence-electron chi connectivity index (χ2n) is 3.86. The predicted octanol–water partition coefficient (Wildman–Crippen LogP) is 3.99. The van der Waals surface area contributed by atoms with Gasteiger partial charge in [-0.05, 0) is 52.4 Å². The second-order valence-corrected chi connectivity index (χ2v) is 7.27. The zero-order valence-electron chi connectivity index (χ0n) is 9.81. The van der Waals surface area contributed by atoms with Gasteiger partial charge in [0.15, 0.2) is 0 Å². The molecule has 1 N–H and O–H groups in total. The summed E-state index contributed by atoms with van der Waals surface area (Å²) in [5.74, 6) is 0. The standard InChI is InChI=1S/C13H11BrINO2S/c14-9-10-5-7-11(8-6-10)19(17,18)16-13-4-2-1-3-12(13)15/h1-8,16H,9H2. The van der Waals surface area contributed by atoms with Crippen molar-refractivity contribution >= 4 is 54.2 Å². The van der Waals surface area contributed by atoms with E-state index < -0.39 is 10.0 Å². The molecule has 0 radical (unpaired) electrons. The van der Waals surface area contributed by atoms with E-state index in [1.165, 1.54) is 0 Å². The van der Waals surface area contributed by atoms with Gasteiger partial charge in [-0.2, -0.15) is 0 Å². The van der Waals surface area contributed by atoms with Crippen molar-refractivity contribution in [1.82, 2.24) is 0 Å². The molecule has 19 heavy (non-hydrogen) atoms. The highest BCUT2D eigenvalue weighted by molar-refractivity contribution is 14.1. The van der Waals surface area contributed by atoms with Crippen LogP contribution in [0.5, 0.6) is 0 Å². The lowest BCUT2D eigenvalue weighted by atomic mass is 10.2. The molecule has 100 valence electrons. The summed E-state index contributed by atoms with van der Waals surface area (Å²) in [5, 5.41) is 0.706. The van der Waals surface area contributed by atoms with Crippen molar-refractivity contribution < 1.29 is 8.42 Å². The minimum absolute atomic E-state index is 0.261. The first-order chi connectivity index (χ1) is 9.03. The Kier molecular flexibility index (Phi) is 4.86. The first kappa shape index (κ1) is 14.8. The average Bonchev–Trinajstić information content (AvgIpc) is 2.41. The molecule has 2 aromatic rings. The summed E-state index contributed by atoms with van der Waals surface area (Å²) >= 11 is 5.43. The van der Waals surface area contributed by atoms with Crippen LogP contribution in [-0.2, 0) is 15.4 Å². The molecule has 2 rings (SSSR count). The maximum Gasteiger partial charge on any atom is 0.261 e. The van der Waals surface area contributed by atoms with Gasteiger partial charge >= 0.3 is 0 Å². The molecule has 0 aliphatic carbocycles. The summed E-state index contributed by atoms with van der Waals surface area (Å²) in [7, 11) is -3.53. The molecule has 0 saturated heterocycles. The zero-order chi connectivity index (χ0) is 13.9. The summed E-state index contributed by atoms with van der Waals surface area (Å²) < 4.78 is 27.9. The van der Waals surface area contributed by atoms with Gasteiger partial charge in [-0.15, -0.1) is 0 Å². The molecule has 3 nitrogen and oxygen atoms in total. The molecular formula is C13H11BrINO2S. The van der Waals surface area contributed by atoms with Crippen molar-refractivity contribution in [3.63, 3.8) is 0 Å².